The number of hydrogen-bond acceptors (Lipinski definition) is 1. The average Bonchev–Trinajstić information content (AvgIpc) is 2.51. The highest BCUT2D eigenvalue weighted by Crippen LogP contribution is 2.26. The molecule has 0 spiro atoms. The number of nitrogens with one attached hydrogen (secondary N) is 1. The van der Waals surface area contributed by atoms with Gasteiger partial charge in [0.2, 0.25) is 0 Å². The Labute approximate surface area is 93.9 Å². The number of aliphatic hydroxyl groups excluding tert-OH is 1. The first-order chi connectivity index (χ1) is 7.22. The van der Waals surface area contributed by atoms with Crippen LogP contribution in [-0.2, 0) is 6.42 Å². The Bertz CT molecular complexity index is 476. The topological polar surface area (TPSA) is 36.0 Å². The Kier molecular flexibility index (Phi) is 2.98. The van der Waals surface area contributed by atoms with Crippen LogP contribution in [0.3, 0.4) is 0 Å². The molecule has 1 aromatic carbocycles. The summed E-state index contributed by atoms with van der Waals surface area (Å²) in [5.41, 5.74) is 3.55. The molecule has 2 nitrogen and oxygen atoms in total. The second kappa shape index (κ2) is 4.25. The molecule has 0 saturated carbocycles. The molecule has 0 radical (unpaired) electrons. The summed E-state index contributed by atoms with van der Waals surface area (Å²) in [5, 5.41) is 10.8. The highest BCUT2D eigenvalue weighted by Gasteiger charge is 2.07. The maximum absolute atomic E-state index is 8.85. The Hall–Kier alpha value is -0.990. The predicted octanol–water partition coefficient (Wildman–Crippen LogP) is 3.05. The summed E-state index contributed by atoms with van der Waals surface area (Å²) >= 11 is 5.97. The van der Waals surface area contributed by atoms with E-state index in [-0.39, 0.29) is 6.61 Å². The number of aliphatic hydroxyl groups is 1. The molecule has 0 aliphatic heterocycles. The van der Waals surface area contributed by atoms with E-state index in [2.05, 4.69) is 11.9 Å². The van der Waals surface area contributed by atoms with Gasteiger partial charge in [-0.25, -0.2) is 0 Å². The fourth-order valence-corrected chi connectivity index (χ4v) is 2.10. The van der Waals surface area contributed by atoms with Gasteiger partial charge in [0.05, 0.1) is 0 Å². The zero-order valence-corrected chi connectivity index (χ0v) is 9.43. The lowest BCUT2D eigenvalue weighted by Crippen LogP contribution is -1.90. The van der Waals surface area contributed by atoms with Crippen LogP contribution in [0.2, 0.25) is 5.02 Å². The van der Waals surface area contributed by atoms with Crippen LogP contribution < -0.4 is 0 Å². The van der Waals surface area contributed by atoms with E-state index in [1.807, 2.05) is 18.2 Å². The molecule has 0 saturated heterocycles. The fraction of sp³-hybridized carbons (Fsp3) is 0.333. The molecule has 0 fully saturated rings. The third-order valence-corrected chi connectivity index (χ3v) is 2.90. The molecule has 0 aliphatic rings. The number of halogens is 1. The lowest BCUT2D eigenvalue weighted by molar-refractivity contribution is 0.288. The standard InChI is InChI=1S/C12H14ClNO/c1-8-10(3-2-6-15)11-7-9(13)4-5-12(11)14-8/h4-5,7,14-15H,2-3,6H2,1H3. The molecular weight excluding hydrogens is 210 g/mol. The van der Waals surface area contributed by atoms with Gasteiger partial charge in [-0.15, -0.1) is 0 Å². The van der Waals surface area contributed by atoms with Gasteiger partial charge in [-0.3, -0.25) is 0 Å². The van der Waals surface area contributed by atoms with E-state index in [0.29, 0.717) is 0 Å². The maximum Gasteiger partial charge on any atom is 0.0459 e. The number of aromatic nitrogens is 1. The molecule has 0 atom stereocenters. The molecule has 80 valence electrons. The lowest BCUT2D eigenvalue weighted by atomic mass is 10.1. The summed E-state index contributed by atoms with van der Waals surface area (Å²) in [6, 6.07) is 5.86. The molecule has 2 aromatic rings. The van der Waals surface area contributed by atoms with Crippen molar-refractivity contribution in [2.24, 2.45) is 0 Å². The van der Waals surface area contributed by atoms with Gasteiger partial charge in [0, 0.05) is 28.2 Å². The van der Waals surface area contributed by atoms with Crippen molar-refractivity contribution in [2.75, 3.05) is 6.61 Å². The van der Waals surface area contributed by atoms with Crippen molar-refractivity contribution in [1.82, 2.24) is 4.98 Å². The maximum atomic E-state index is 8.85. The number of aryl methyl sites for hydroxylation is 2. The normalized spacial score (nSPS) is 11.1. The summed E-state index contributed by atoms with van der Waals surface area (Å²) in [6.07, 6.45) is 1.68. The fourth-order valence-electron chi connectivity index (χ4n) is 1.93. The predicted molar refractivity (Wildman–Crippen MR) is 63.5 cm³/mol. The molecule has 1 heterocycles. The van der Waals surface area contributed by atoms with Gasteiger partial charge in [0.25, 0.3) is 0 Å². The Morgan fingerprint density at radius 3 is 2.93 bits per heavy atom. The highest BCUT2D eigenvalue weighted by atomic mass is 35.5. The van der Waals surface area contributed by atoms with E-state index in [1.165, 1.54) is 16.6 Å². The number of fused-ring (bicyclic) bond motifs is 1. The van der Waals surface area contributed by atoms with E-state index < -0.39 is 0 Å². The van der Waals surface area contributed by atoms with Crippen LogP contribution in [0.25, 0.3) is 10.9 Å². The third kappa shape index (κ3) is 2.01. The van der Waals surface area contributed by atoms with Crippen molar-refractivity contribution in [3.05, 3.63) is 34.5 Å². The van der Waals surface area contributed by atoms with Gasteiger partial charge in [-0.1, -0.05) is 11.6 Å². The Morgan fingerprint density at radius 1 is 1.40 bits per heavy atom. The molecule has 0 unspecified atom stereocenters. The number of hydrogen-bond donors (Lipinski definition) is 2. The van der Waals surface area contributed by atoms with Crippen molar-refractivity contribution in [3.8, 4) is 0 Å². The van der Waals surface area contributed by atoms with Crippen molar-refractivity contribution < 1.29 is 5.11 Å². The minimum Gasteiger partial charge on any atom is -0.396 e. The van der Waals surface area contributed by atoms with Crippen LogP contribution in [-0.4, -0.2) is 16.7 Å². The third-order valence-electron chi connectivity index (χ3n) is 2.67. The van der Waals surface area contributed by atoms with Crippen LogP contribution in [0.15, 0.2) is 18.2 Å². The largest absolute Gasteiger partial charge is 0.396 e. The van der Waals surface area contributed by atoms with Crippen LogP contribution >= 0.6 is 11.6 Å². The summed E-state index contributed by atoms with van der Waals surface area (Å²) in [7, 11) is 0. The SMILES string of the molecule is Cc1[nH]c2ccc(Cl)cc2c1CCCO. The second-order valence-corrected chi connectivity index (χ2v) is 4.18. The summed E-state index contributed by atoms with van der Waals surface area (Å²) < 4.78 is 0. The zero-order valence-electron chi connectivity index (χ0n) is 8.68. The first kappa shape index (κ1) is 10.5. The van der Waals surface area contributed by atoms with Gasteiger partial charge in [-0.05, 0) is 43.5 Å². The monoisotopic (exact) mass is 223 g/mol. The number of rotatable bonds is 3. The van der Waals surface area contributed by atoms with Gasteiger partial charge in [0.15, 0.2) is 0 Å². The molecule has 2 rings (SSSR count). The van der Waals surface area contributed by atoms with E-state index in [0.717, 1.165) is 23.4 Å². The average molecular weight is 224 g/mol. The zero-order chi connectivity index (χ0) is 10.8. The highest BCUT2D eigenvalue weighted by molar-refractivity contribution is 6.31. The van der Waals surface area contributed by atoms with Gasteiger partial charge in [-0.2, -0.15) is 0 Å². The van der Waals surface area contributed by atoms with Gasteiger partial charge >= 0.3 is 0 Å². The molecule has 0 bridgehead atoms. The van der Waals surface area contributed by atoms with Crippen LogP contribution in [0.1, 0.15) is 17.7 Å². The van der Waals surface area contributed by atoms with Crippen molar-refractivity contribution in [1.29, 1.82) is 0 Å². The number of H-pyrrole nitrogens is 1. The molecule has 0 amide bonds. The first-order valence-electron chi connectivity index (χ1n) is 5.10. The molecule has 3 heteroatoms. The molecule has 2 N–H and O–H groups in total. The smallest absolute Gasteiger partial charge is 0.0459 e. The summed E-state index contributed by atoms with van der Waals surface area (Å²) in [6.45, 7) is 2.29. The molecule has 15 heavy (non-hydrogen) atoms. The minimum absolute atomic E-state index is 0.229. The minimum atomic E-state index is 0.229. The van der Waals surface area contributed by atoms with E-state index in [1.54, 1.807) is 0 Å². The van der Waals surface area contributed by atoms with Crippen molar-refractivity contribution in [2.45, 2.75) is 19.8 Å². The number of aromatic amines is 1. The van der Waals surface area contributed by atoms with E-state index in [9.17, 15) is 0 Å². The van der Waals surface area contributed by atoms with Crippen molar-refractivity contribution >= 4 is 22.5 Å². The lowest BCUT2D eigenvalue weighted by Gasteiger charge is -1.99. The second-order valence-electron chi connectivity index (χ2n) is 3.75. The first-order valence-corrected chi connectivity index (χ1v) is 5.47. The van der Waals surface area contributed by atoms with Crippen LogP contribution in [0.4, 0.5) is 0 Å². The summed E-state index contributed by atoms with van der Waals surface area (Å²) in [4.78, 5) is 3.32. The van der Waals surface area contributed by atoms with Gasteiger partial charge < -0.3 is 10.1 Å². The quantitative estimate of drug-likeness (QED) is 0.825. The Balaban J connectivity index is 2.50. The molecule has 0 aliphatic carbocycles. The number of benzene rings is 1. The van der Waals surface area contributed by atoms with E-state index in [4.69, 9.17) is 16.7 Å². The molecular formula is C12H14ClNO. The van der Waals surface area contributed by atoms with Gasteiger partial charge in [0.1, 0.15) is 0 Å². The van der Waals surface area contributed by atoms with Crippen LogP contribution in [0, 0.1) is 6.92 Å². The summed E-state index contributed by atoms with van der Waals surface area (Å²) in [5.74, 6) is 0. The van der Waals surface area contributed by atoms with Crippen LogP contribution in [0.5, 0.6) is 0 Å². The molecule has 1 aromatic heterocycles. The van der Waals surface area contributed by atoms with E-state index >= 15 is 0 Å². The Morgan fingerprint density at radius 2 is 2.20 bits per heavy atom. The van der Waals surface area contributed by atoms with Crippen molar-refractivity contribution in [3.63, 3.8) is 0 Å².